The van der Waals surface area contributed by atoms with Gasteiger partial charge in [-0.2, -0.15) is 0 Å². The van der Waals surface area contributed by atoms with Gasteiger partial charge in [0.2, 0.25) is 0 Å². The van der Waals surface area contributed by atoms with Crippen LogP contribution in [0, 0.1) is 0 Å². The zero-order valence-corrected chi connectivity index (χ0v) is 47.7. The first-order valence-corrected chi connectivity index (χ1v) is 28.6. The van der Waals surface area contributed by atoms with E-state index in [1.807, 2.05) is 12.4 Å². The van der Waals surface area contributed by atoms with Crippen molar-refractivity contribution in [2.24, 2.45) is 0 Å². The Balaban J connectivity index is 1.11. The summed E-state index contributed by atoms with van der Waals surface area (Å²) in [7, 11) is 0. The molecule has 9 aromatic rings. The van der Waals surface area contributed by atoms with Gasteiger partial charge in [-0.25, -0.2) is 0 Å². The van der Waals surface area contributed by atoms with Gasteiger partial charge in [0.05, 0.1) is 11.2 Å². The number of rotatable bonds is 6. The zero-order chi connectivity index (χ0) is 54.1. The molecule has 1 aromatic heterocycles. The molecule has 2 unspecified atom stereocenters. The second-order valence-corrected chi connectivity index (χ2v) is 26.4. The molecule has 0 saturated heterocycles. The third kappa shape index (κ3) is 7.89. The number of aromatic nitrogens is 1. The first-order chi connectivity index (χ1) is 37.3. The Bertz CT molecular complexity index is 3790. The molecule has 78 heavy (non-hydrogen) atoms. The van der Waals surface area contributed by atoms with Crippen molar-refractivity contribution < 1.29 is 0 Å². The third-order valence-electron chi connectivity index (χ3n) is 18.6. The van der Waals surface area contributed by atoms with Crippen LogP contribution in [0.4, 0.5) is 45.5 Å². The Labute approximate surface area is 464 Å². The first kappa shape index (κ1) is 49.9. The normalized spacial score (nSPS) is 18.5. The predicted molar refractivity (Wildman–Crippen MR) is 333 cm³/mol. The number of nitrogens with zero attached hydrogens (tertiary/aromatic N) is 4. The fraction of sp³-hybridized carbons (Fsp3) is 0.274. The number of hydrogen-bond acceptors (Lipinski definition) is 4. The molecule has 2 atom stereocenters. The lowest BCUT2D eigenvalue weighted by Gasteiger charge is -2.50. The summed E-state index contributed by atoms with van der Waals surface area (Å²) in [5.41, 5.74) is 26.1. The molecule has 3 aliphatic heterocycles. The number of benzene rings is 8. The quantitative estimate of drug-likeness (QED) is 0.155. The summed E-state index contributed by atoms with van der Waals surface area (Å²) >= 11 is 0. The highest BCUT2D eigenvalue weighted by molar-refractivity contribution is 7.00. The van der Waals surface area contributed by atoms with Crippen molar-refractivity contribution >= 4 is 68.6 Å². The van der Waals surface area contributed by atoms with E-state index in [4.69, 9.17) is 0 Å². The van der Waals surface area contributed by atoms with Crippen LogP contribution in [0.15, 0.2) is 194 Å². The zero-order valence-electron chi connectivity index (χ0n) is 47.7. The second-order valence-electron chi connectivity index (χ2n) is 26.4. The molecule has 4 heterocycles. The molecule has 0 N–H and O–H groups in total. The topological polar surface area (TPSA) is 22.6 Å². The van der Waals surface area contributed by atoms with Crippen LogP contribution in [0.25, 0.3) is 33.4 Å². The van der Waals surface area contributed by atoms with Gasteiger partial charge in [0.15, 0.2) is 0 Å². The van der Waals surface area contributed by atoms with Crippen LogP contribution >= 0.6 is 0 Å². The number of pyridine rings is 1. The Kier molecular flexibility index (Phi) is 11.5. The van der Waals surface area contributed by atoms with E-state index in [0.29, 0.717) is 0 Å². The monoisotopic (exact) mass is 1020 g/mol. The minimum atomic E-state index is -0.166. The fourth-order valence-corrected chi connectivity index (χ4v) is 13.9. The summed E-state index contributed by atoms with van der Waals surface area (Å²) in [6.07, 6.45) is 8.58. The van der Waals surface area contributed by atoms with Crippen molar-refractivity contribution in [3.8, 4) is 33.4 Å². The maximum atomic E-state index is 4.54. The lowest BCUT2D eigenvalue weighted by Crippen LogP contribution is -2.61. The highest BCUT2D eigenvalue weighted by atomic mass is 15.3. The third-order valence-corrected chi connectivity index (χ3v) is 18.6. The first-order valence-electron chi connectivity index (χ1n) is 28.6. The molecule has 5 heteroatoms. The van der Waals surface area contributed by atoms with Gasteiger partial charge in [-0.05, 0) is 175 Å². The lowest BCUT2D eigenvalue weighted by atomic mass is 9.33. The van der Waals surface area contributed by atoms with E-state index in [0.717, 1.165) is 18.4 Å². The molecule has 0 bridgehead atoms. The molecule has 13 rings (SSSR count). The van der Waals surface area contributed by atoms with E-state index in [2.05, 4.69) is 278 Å². The van der Waals surface area contributed by atoms with Crippen molar-refractivity contribution in [2.75, 3.05) is 14.7 Å². The number of fused-ring (bicyclic) bond motifs is 7. The van der Waals surface area contributed by atoms with E-state index in [-0.39, 0.29) is 33.9 Å². The van der Waals surface area contributed by atoms with Crippen molar-refractivity contribution in [1.82, 2.24) is 4.98 Å². The molecular formula is C73H73BN4. The van der Waals surface area contributed by atoms with Crippen LogP contribution in [0.3, 0.4) is 0 Å². The molecule has 1 saturated carbocycles. The summed E-state index contributed by atoms with van der Waals surface area (Å²) in [5, 5.41) is 0. The molecule has 4 nitrogen and oxygen atoms in total. The van der Waals surface area contributed by atoms with E-state index in [1.54, 1.807) is 0 Å². The molecule has 1 aliphatic carbocycles. The van der Waals surface area contributed by atoms with Crippen molar-refractivity contribution in [3.05, 3.63) is 217 Å². The highest BCUT2D eigenvalue weighted by Crippen LogP contribution is 2.62. The van der Waals surface area contributed by atoms with Gasteiger partial charge in [0.25, 0.3) is 6.71 Å². The molecule has 0 spiro atoms. The number of anilines is 8. The fourth-order valence-electron chi connectivity index (χ4n) is 13.9. The van der Waals surface area contributed by atoms with E-state index in [1.165, 1.54) is 125 Å². The Morgan fingerprint density at radius 2 is 1.01 bits per heavy atom. The summed E-state index contributed by atoms with van der Waals surface area (Å²) in [6, 6.07) is 70.2. The largest absolute Gasteiger partial charge is 0.334 e. The average Bonchev–Trinajstić information content (AvgIpc) is 3.86. The maximum Gasteiger partial charge on any atom is 0.252 e. The Hall–Kier alpha value is -7.63. The molecule has 1 fully saturated rings. The molecular weight excluding hydrogens is 944 g/mol. The SMILES string of the molecule is CC(C)(C)c1ccc(N2c3cc(N4c5ccc(-c6cccnc6)cc5C5(C)CCCCC45C)ccc3B3c4cc(-c5ccccc5)ccc4N(c4ccc(C(C)(C)C)cc4-c4ccccc4)c4cc(C(C)(C)C)cc2c43)cc1. The van der Waals surface area contributed by atoms with Crippen molar-refractivity contribution in [2.45, 2.75) is 129 Å². The lowest BCUT2D eigenvalue weighted by molar-refractivity contribution is 0.195. The van der Waals surface area contributed by atoms with Gasteiger partial charge >= 0.3 is 0 Å². The molecule has 0 amide bonds. The van der Waals surface area contributed by atoms with E-state index in [9.17, 15) is 0 Å². The van der Waals surface area contributed by atoms with Gasteiger partial charge in [-0.1, -0.05) is 191 Å². The van der Waals surface area contributed by atoms with Gasteiger partial charge in [0, 0.05) is 63.2 Å². The number of hydrogen-bond donors (Lipinski definition) is 0. The Morgan fingerprint density at radius 1 is 0.423 bits per heavy atom. The van der Waals surface area contributed by atoms with Crippen molar-refractivity contribution in [3.63, 3.8) is 0 Å². The standard InChI is InChI=1S/C73H73BN4/c1-69(2,3)53-28-31-56(32-29-53)76-65-46-57(78-63-35-26-50(52-25-20-40-75-47-52)41-59(63)72(10)38-18-19-39-73(72,78)11)33-34-60(65)74-61-42-51(48-21-14-12-15-22-48)27-36-64(61)77(67-45-55(71(7,8)9)44-66(76)68(67)74)62-37-30-54(70(4,5)6)43-58(62)49-23-16-13-17-24-49/h12-17,20-37,40-47H,18-19,38-39H2,1-11H3. The van der Waals surface area contributed by atoms with Crippen molar-refractivity contribution in [1.29, 1.82) is 0 Å². The Morgan fingerprint density at radius 3 is 1.68 bits per heavy atom. The molecule has 4 aliphatic rings. The summed E-state index contributed by atoms with van der Waals surface area (Å²) < 4.78 is 0. The van der Waals surface area contributed by atoms with E-state index < -0.39 is 0 Å². The summed E-state index contributed by atoms with van der Waals surface area (Å²) in [5.74, 6) is 0. The van der Waals surface area contributed by atoms with Crippen LogP contribution in [-0.2, 0) is 21.7 Å². The summed E-state index contributed by atoms with van der Waals surface area (Å²) in [4.78, 5) is 12.6. The summed E-state index contributed by atoms with van der Waals surface area (Å²) in [6.45, 7) is 26.1. The van der Waals surface area contributed by atoms with Crippen LogP contribution < -0.4 is 31.1 Å². The maximum absolute atomic E-state index is 4.54. The van der Waals surface area contributed by atoms with Gasteiger partial charge in [0.1, 0.15) is 0 Å². The molecule has 388 valence electrons. The van der Waals surface area contributed by atoms with Crippen LogP contribution in [0.2, 0.25) is 0 Å². The van der Waals surface area contributed by atoms with Crippen LogP contribution in [0.1, 0.15) is 124 Å². The van der Waals surface area contributed by atoms with Gasteiger partial charge < -0.3 is 14.7 Å². The minimum Gasteiger partial charge on any atom is -0.334 e. The van der Waals surface area contributed by atoms with E-state index >= 15 is 0 Å². The van der Waals surface area contributed by atoms with Crippen LogP contribution in [-0.4, -0.2) is 17.2 Å². The molecule has 8 aromatic carbocycles. The molecule has 0 radical (unpaired) electrons. The second kappa shape index (κ2) is 18.0. The van der Waals surface area contributed by atoms with Gasteiger partial charge in [-0.15, -0.1) is 0 Å². The van der Waals surface area contributed by atoms with Crippen LogP contribution in [0.5, 0.6) is 0 Å². The minimum absolute atomic E-state index is 0.00368. The average molecular weight is 1020 g/mol. The smallest absolute Gasteiger partial charge is 0.252 e. The predicted octanol–water partition coefficient (Wildman–Crippen LogP) is 17.8. The van der Waals surface area contributed by atoms with Gasteiger partial charge in [-0.3, -0.25) is 4.98 Å². The highest BCUT2D eigenvalue weighted by Gasteiger charge is 2.58.